The normalized spacial score (nSPS) is 15.7. The van der Waals surface area contributed by atoms with Crippen LogP contribution in [0.15, 0.2) is 0 Å². The van der Waals surface area contributed by atoms with Gasteiger partial charge >= 0.3 is 5.97 Å². The van der Waals surface area contributed by atoms with Crippen LogP contribution in [0.3, 0.4) is 0 Å². The van der Waals surface area contributed by atoms with E-state index in [1.54, 1.807) is 0 Å². The molecule has 0 fully saturated rings. The Morgan fingerprint density at radius 2 is 1.85 bits per heavy atom. The summed E-state index contributed by atoms with van der Waals surface area (Å²) < 4.78 is 0. The zero-order valence-electron chi connectivity index (χ0n) is 13.2. The SMILES string of the molecule is CCCCC(C)CC(CC(=O)O)NC(=O)C(N)C(C)C. The minimum Gasteiger partial charge on any atom is -0.481 e. The molecule has 0 rings (SSSR count). The van der Waals surface area contributed by atoms with Crippen LogP contribution in [-0.2, 0) is 9.59 Å². The summed E-state index contributed by atoms with van der Waals surface area (Å²) in [5, 5.41) is 11.7. The summed E-state index contributed by atoms with van der Waals surface area (Å²) in [6.45, 7) is 7.98. The molecule has 3 unspecified atom stereocenters. The van der Waals surface area contributed by atoms with Gasteiger partial charge in [0, 0.05) is 6.04 Å². The molecule has 0 aromatic rings. The zero-order chi connectivity index (χ0) is 15.7. The Labute approximate surface area is 122 Å². The topological polar surface area (TPSA) is 92.4 Å². The van der Waals surface area contributed by atoms with Crippen LogP contribution in [0.25, 0.3) is 0 Å². The molecule has 0 aromatic heterocycles. The number of aliphatic carboxylic acids is 1. The smallest absolute Gasteiger partial charge is 0.305 e. The second-order valence-corrected chi connectivity index (χ2v) is 6.06. The highest BCUT2D eigenvalue weighted by atomic mass is 16.4. The first-order valence-electron chi connectivity index (χ1n) is 7.55. The Morgan fingerprint density at radius 3 is 2.30 bits per heavy atom. The molecule has 4 N–H and O–H groups in total. The molecule has 5 nitrogen and oxygen atoms in total. The number of carbonyl (C=O) groups excluding carboxylic acids is 1. The number of hydrogen-bond acceptors (Lipinski definition) is 3. The first-order chi connectivity index (χ1) is 9.27. The van der Waals surface area contributed by atoms with E-state index in [4.69, 9.17) is 10.8 Å². The molecule has 3 atom stereocenters. The van der Waals surface area contributed by atoms with Gasteiger partial charge in [-0.05, 0) is 18.3 Å². The molecule has 0 saturated heterocycles. The molecule has 0 aliphatic rings. The summed E-state index contributed by atoms with van der Waals surface area (Å²) >= 11 is 0. The number of rotatable bonds is 10. The predicted molar refractivity (Wildman–Crippen MR) is 80.3 cm³/mol. The number of carboxylic acids is 1. The van der Waals surface area contributed by atoms with Gasteiger partial charge in [-0.1, -0.05) is 47.0 Å². The molecule has 0 aliphatic heterocycles. The molecular formula is C15H30N2O3. The Bertz CT molecular complexity index is 305. The lowest BCUT2D eigenvalue weighted by Gasteiger charge is -2.24. The number of amides is 1. The van der Waals surface area contributed by atoms with E-state index in [1.165, 1.54) is 0 Å². The predicted octanol–water partition coefficient (Wildman–Crippen LogP) is 2.15. The van der Waals surface area contributed by atoms with E-state index in [0.29, 0.717) is 12.3 Å². The summed E-state index contributed by atoms with van der Waals surface area (Å²) in [5.41, 5.74) is 5.79. The molecule has 0 radical (unpaired) electrons. The molecule has 20 heavy (non-hydrogen) atoms. The van der Waals surface area contributed by atoms with Crippen LogP contribution in [0.4, 0.5) is 0 Å². The quantitative estimate of drug-likeness (QED) is 0.573. The standard InChI is InChI=1S/C15H30N2O3/c1-5-6-7-11(4)8-12(9-13(18)19)17-15(20)14(16)10(2)3/h10-12,14H,5-9,16H2,1-4H3,(H,17,20)(H,18,19). The first kappa shape index (κ1) is 18.9. The second-order valence-electron chi connectivity index (χ2n) is 6.06. The van der Waals surface area contributed by atoms with E-state index in [9.17, 15) is 9.59 Å². The van der Waals surface area contributed by atoms with Crippen LogP contribution in [0.2, 0.25) is 0 Å². The second kappa shape index (κ2) is 9.75. The summed E-state index contributed by atoms with van der Waals surface area (Å²) in [6, 6.07) is -0.922. The van der Waals surface area contributed by atoms with Gasteiger partial charge in [0.15, 0.2) is 0 Å². The highest BCUT2D eigenvalue weighted by Gasteiger charge is 2.23. The van der Waals surface area contributed by atoms with Gasteiger partial charge < -0.3 is 16.2 Å². The average Bonchev–Trinajstić information content (AvgIpc) is 2.34. The maximum absolute atomic E-state index is 11.9. The number of nitrogens with one attached hydrogen (secondary N) is 1. The number of unbranched alkanes of at least 4 members (excludes halogenated alkanes) is 1. The highest BCUT2D eigenvalue weighted by molar-refractivity contribution is 5.82. The highest BCUT2D eigenvalue weighted by Crippen LogP contribution is 2.16. The van der Waals surface area contributed by atoms with Crippen molar-refractivity contribution in [2.24, 2.45) is 17.6 Å². The van der Waals surface area contributed by atoms with Crippen LogP contribution in [-0.4, -0.2) is 29.1 Å². The van der Waals surface area contributed by atoms with Gasteiger partial charge in [-0.25, -0.2) is 0 Å². The minimum absolute atomic E-state index is 0.0398. The third kappa shape index (κ3) is 8.15. The maximum atomic E-state index is 11.9. The van der Waals surface area contributed by atoms with Gasteiger partial charge in [0.05, 0.1) is 12.5 Å². The fourth-order valence-corrected chi connectivity index (χ4v) is 2.16. The zero-order valence-corrected chi connectivity index (χ0v) is 13.2. The number of nitrogens with two attached hydrogens (primary N) is 1. The molecule has 0 aliphatic carbocycles. The molecule has 1 amide bonds. The van der Waals surface area contributed by atoms with Crippen molar-refractivity contribution in [3.05, 3.63) is 0 Å². The largest absolute Gasteiger partial charge is 0.481 e. The van der Waals surface area contributed by atoms with Gasteiger partial charge in [-0.15, -0.1) is 0 Å². The summed E-state index contributed by atoms with van der Waals surface area (Å²) in [4.78, 5) is 22.9. The number of carboxylic acid groups (broad SMARTS) is 1. The van der Waals surface area contributed by atoms with E-state index < -0.39 is 12.0 Å². The summed E-state index contributed by atoms with van der Waals surface area (Å²) in [7, 11) is 0. The monoisotopic (exact) mass is 286 g/mol. The van der Waals surface area contributed by atoms with Crippen molar-refractivity contribution in [3.63, 3.8) is 0 Å². The molecule has 0 aromatic carbocycles. The van der Waals surface area contributed by atoms with Crippen LogP contribution >= 0.6 is 0 Å². The van der Waals surface area contributed by atoms with Gasteiger partial charge in [0.2, 0.25) is 5.91 Å². The van der Waals surface area contributed by atoms with Crippen LogP contribution < -0.4 is 11.1 Å². The van der Waals surface area contributed by atoms with E-state index in [-0.39, 0.29) is 24.3 Å². The van der Waals surface area contributed by atoms with Crippen molar-refractivity contribution in [3.8, 4) is 0 Å². The first-order valence-corrected chi connectivity index (χ1v) is 7.55. The number of hydrogen-bond donors (Lipinski definition) is 3. The van der Waals surface area contributed by atoms with Gasteiger partial charge in [0.1, 0.15) is 0 Å². The number of carbonyl (C=O) groups is 2. The molecule has 0 spiro atoms. The van der Waals surface area contributed by atoms with E-state index in [2.05, 4.69) is 19.2 Å². The average molecular weight is 286 g/mol. The Hall–Kier alpha value is -1.10. The van der Waals surface area contributed by atoms with Gasteiger partial charge in [0.25, 0.3) is 0 Å². The van der Waals surface area contributed by atoms with E-state index in [0.717, 1.165) is 19.3 Å². The van der Waals surface area contributed by atoms with Crippen LogP contribution in [0, 0.1) is 11.8 Å². The fourth-order valence-electron chi connectivity index (χ4n) is 2.16. The van der Waals surface area contributed by atoms with Crippen molar-refractivity contribution < 1.29 is 14.7 Å². The van der Waals surface area contributed by atoms with Crippen molar-refractivity contribution in [2.75, 3.05) is 0 Å². The lowest BCUT2D eigenvalue weighted by atomic mass is 9.94. The summed E-state index contributed by atoms with van der Waals surface area (Å²) in [6.07, 6.45) is 3.94. The van der Waals surface area contributed by atoms with Crippen molar-refractivity contribution in [1.82, 2.24) is 5.32 Å². The maximum Gasteiger partial charge on any atom is 0.305 e. The van der Waals surface area contributed by atoms with Crippen molar-refractivity contribution >= 4 is 11.9 Å². The van der Waals surface area contributed by atoms with Crippen molar-refractivity contribution in [2.45, 2.75) is 71.9 Å². The lowest BCUT2D eigenvalue weighted by Crippen LogP contribution is -2.48. The summed E-state index contributed by atoms with van der Waals surface area (Å²) in [5.74, 6) is -0.710. The van der Waals surface area contributed by atoms with E-state index in [1.807, 2.05) is 13.8 Å². The van der Waals surface area contributed by atoms with Crippen molar-refractivity contribution in [1.29, 1.82) is 0 Å². The molecule has 0 heterocycles. The molecule has 5 heteroatoms. The van der Waals surface area contributed by atoms with Gasteiger partial charge in [-0.3, -0.25) is 9.59 Å². The molecule has 0 bridgehead atoms. The third-order valence-electron chi connectivity index (χ3n) is 3.53. The molecule has 118 valence electrons. The lowest BCUT2D eigenvalue weighted by molar-refractivity contribution is -0.137. The Balaban J connectivity index is 4.48. The van der Waals surface area contributed by atoms with Gasteiger partial charge in [-0.2, -0.15) is 0 Å². The Kier molecular flexibility index (Phi) is 9.21. The van der Waals surface area contributed by atoms with Crippen LogP contribution in [0.1, 0.15) is 59.8 Å². The fraction of sp³-hybridized carbons (Fsp3) is 0.867. The Morgan fingerprint density at radius 1 is 1.25 bits per heavy atom. The molecule has 0 saturated carbocycles. The minimum atomic E-state index is -0.892. The van der Waals surface area contributed by atoms with E-state index >= 15 is 0 Å². The molecular weight excluding hydrogens is 256 g/mol. The van der Waals surface area contributed by atoms with Crippen LogP contribution in [0.5, 0.6) is 0 Å². The third-order valence-corrected chi connectivity index (χ3v) is 3.53.